The van der Waals surface area contributed by atoms with E-state index in [0.29, 0.717) is 17.1 Å². The lowest BCUT2D eigenvalue weighted by Gasteiger charge is -2.17. The summed E-state index contributed by atoms with van der Waals surface area (Å²) in [6.45, 7) is 1.71. The number of amides is 1. The van der Waals surface area contributed by atoms with E-state index in [1.165, 1.54) is 0 Å². The van der Waals surface area contributed by atoms with Crippen LogP contribution in [-0.4, -0.2) is 26.2 Å². The molecule has 0 radical (unpaired) electrons. The molecule has 1 aliphatic heterocycles. The van der Waals surface area contributed by atoms with E-state index in [4.69, 9.17) is 14.2 Å². The first-order chi connectivity index (χ1) is 8.17. The summed E-state index contributed by atoms with van der Waals surface area (Å²) in [7, 11) is 3.14. The van der Waals surface area contributed by atoms with Crippen LogP contribution in [-0.2, 0) is 9.53 Å². The molecule has 0 bridgehead atoms. The van der Waals surface area contributed by atoms with E-state index in [9.17, 15) is 4.79 Å². The van der Waals surface area contributed by atoms with Gasteiger partial charge in [0.2, 0.25) is 0 Å². The van der Waals surface area contributed by atoms with E-state index in [0.717, 1.165) is 0 Å². The second-order valence-electron chi connectivity index (χ2n) is 3.74. The van der Waals surface area contributed by atoms with Gasteiger partial charge in [0.25, 0.3) is 5.91 Å². The van der Waals surface area contributed by atoms with Gasteiger partial charge in [-0.05, 0) is 19.1 Å². The van der Waals surface area contributed by atoms with Crippen LogP contribution in [0.15, 0.2) is 18.2 Å². The van der Waals surface area contributed by atoms with Crippen LogP contribution in [0.4, 0.5) is 0 Å². The van der Waals surface area contributed by atoms with Gasteiger partial charge in [0, 0.05) is 0 Å². The zero-order chi connectivity index (χ0) is 12.4. The van der Waals surface area contributed by atoms with Gasteiger partial charge >= 0.3 is 0 Å². The second-order valence-corrected chi connectivity index (χ2v) is 3.74. The first-order valence-electron chi connectivity index (χ1n) is 5.34. The molecule has 1 aromatic rings. The average Bonchev–Trinajstić information content (AvgIpc) is 2.68. The third kappa shape index (κ3) is 2.06. The number of methoxy groups -OCH3 is 2. The Balaban J connectivity index is 2.40. The topological polar surface area (TPSA) is 56.8 Å². The van der Waals surface area contributed by atoms with E-state index < -0.39 is 12.3 Å². The minimum Gasteiger partial charge on any atom is -0.496 e. The van der Waals surface area contributed by atoms with Crippen LogP contribution in [0.3, 0.4) is 0 Å². The molecule has 5 nitrogen and oxygen atoms in total. The van der Waals surface area contributed by atoms with E-state index in [1.807, 2.05) is 6.07 Å². The van der Waals surface area contributed by atoms with Gasteiger partial charge in [-0.2, -0.15) is 0 Å². The zero-order valence-corrected chi connectivity index (χ0v) is 10.0. The molecular formula is C12H15NO4. The molecule has 92 valence electrons. The molecule has 1 aromatic carbocycles. The van der Waals surface area contributed by atoms with Gasteiger partial charge in [-0.3, -0.25) is 4.79 Å². The molecule has 1 amide bonds. The first kappa shape index (κ1) is 11.7. The molecule has 0 saturated carbocycles. The Morgan fingerprint density at radius 2 is 1.82 bits per heavy atom. The zero-order valence-electron chi connectivity index (χ0n) is 10.0. The molecule has 0 aliphatic carbocycles. The fourth-order valence-corrected chi connectivity index (χ4v) is 1.83. The molecule has 1 fully saturated rings. The lowest BCUT2D eigenvalue weighted by Crippen LogP contribution is -2.22. The van der Waals surface area contributed by atoms with Gasteiger partial charge in [-0.1, -0.05) is 6.07 Å². The minimum absolute atomic E-state index is 0.136. The molecule has 1 N–H and O–H groups in total. The molecule has 1 aliphatic rings. The number of nitrogens with one attached hydrogen (secondary N) is 1. The van der Waals surface area contributed by atoms with Crippen molar-refractivity contribution in [1.29, 1.82) is 0 Å². The minimum atomic E-state index is -0.524. The monoisotopic (exact) mass is 237 g/mol. The molecular weight excluding hydrogens is 222 g/mol. The maximum Gasteiger partial charge on any atom is 0.251 e. The summed E-state index contributed by atoms with van der Waals surface area (Å²) in [4.78, 5) is 11.4. The highest BCUT2D eigenvalue weighted by Gasteiger charge is 2.33. The van der Waals surface area contributed by atoms with Crippen molar-refractivity contribution >= 4 is 5.91 Å². The first-order valence-corrected chi connectivity index (χ1v) is 5.34. The molecule has 2 rings (SSSR count). The summed E-state index contributed by atoms with van der Waals surface area (Å²) >= 11 is 0. The van der Waals surface area contributed by atoms with Crippen molar-refractivity contribution in [3.05, 3.63) is 23.8 Å². The maximum atomic E-state index is 11.4. The number of ether oxygens (including phenoxy) is 3. The third-order valence-corrected chi connectivity index (χ3v) is 2.71. The van der Waals surface area contributed by atoms with Gasteiger partial charge < -0.3 is 19.5 Å². The predicted octanol–water partition coefficient (Wildman–Crippen LogP) is 1.24. The van der Waals surface area contributed by atoms with Gasteiger partial charge in [-0.25, -0.2) is 0 Å². The summed E-state index contributed by atoms with van der Waals surface area (Å²) in [5, 5.41) is 2.75. The Bertz CT molecular complexity index is 410. The number of carbonyl (C=O) groups excluding carboxylic acids is 1. The Morgan fingerprint density at radius 1 is 1.24 bits per heavy atom. The summed E-state index contributed by atoms with van der Waals surface area (Å²) in [5.74, 6) is 1.12. The van der Waals surface area contributed by atoms with Gasteiger partial charge in [0.1, 0.15) is 17.6 Å². The molecule has 5 heteroatoms. The SMILES string of the molecule is COc1cccc(OC)c1[C@H]1NC(=O)C(C)O1. The molecule has 0 spiro atoms. The van der Waals surface area contributed by atoms with Crippen LogP contribution in [0.1, 0.15) is 18.7 Å². The Hall–Kier alpha value is -1.75. The summed E-state index contributed by atoms with van der Waals surface area (Å²) < 4.78 is 16.0. The van der Waals surface area contributed by atoms with Crippen LogP contribution in [0.25, 0.3) is 0 Å². The highest BCUT2D eigenvalue weighted by molar-refractivity contribution is 5.82. The van der Waals surface area contributed by atoms with Gasteiger partial charge in [-0.15, -0.1) is 0 Å². The lowest BCUT2D eigenvalue weighted by molar-refractivity contribution is -0.122. The fraction of sp³-hybridized carbons (Fsp3) is 0.417. The van der Waals surface area contributed by atoms with Crippen molar-refractivity contribution in [2.45, 2.75) is 19.3 Å². The number of benzene rings is 1. The molecule has 1 unspecified atom stereocenters. The third-order valence-electron chi connectivity index (χ3n) is 2.71. The Kier molecular flexibility index (Phi) is 3.19. The van der Waals surface area contributed by atoms with E-state index in [-0.39, 0.29) is 5.91 Å². The predicted molar refractivity (Wildman–Crippen MR) is 61.0 cm³/mol. The lowest BCUT2D eigenvalue weighted by atomic mass is 10.1. The summed E-state index contributed by atoms with van der Waals surface area (Å²) in [5.41, 5.74) is 0.704. The van der Waals surface area contributed by atoms with E-state index in [2.05, 4.69) is 5.32 Å². The van der Waals surface area contributed by atoms with Crippen LogP contribution in [0, 0.1) is 0 Å². The van der Waals surface area contributed by atoms with Gasteiger partial charge in [0.15, 0.2) is 6.23 Å². The smallest absolute Gasteiger partial charge is 0.251 e. The van der Waals surface area contributed by atoms with Crippen LogP contribution < -0.4 is 14.8 Å². The number of rotatable bonds is 3. The van der Waals surface area contributed by atoms with Crippen molar-refractivity contribution in [3.8, 4) is 11.5 Å². The Morgan fingerprint density at radius 3 is 2.24 bits per heavy atom. The fourth-order valence-electron chi connectivity index (χ4n) is 1.83. The van der Waals surface area contributed by atoms with Crippen LogP contribution in [0.5, 0.6) is 11.5 Å². The number of hydrogen-bond donors (Lipinski definition) is 1. The Labute approximate surface area is 99.7 Å². The van der Waals surface area contributed by atoms with Crippen LogP contribution >= 0.6 is 0 Å². The van der Waals surface area contributed by atoms with E-state index in [1.54, 1.807) is 33.3 Å². The van der Waals surface area contributed by atoms with E-state index >= 15 is 0 Å². The highest BCUT2D eigenvalue weighted by Crippen LogP contribution is 2.36. The van der Waals surface area contributed by atoms with Crippen molar-refractivity contribution in [2.24, 2.45) is 0 Å². The summed E-state index contributed by atoms with van der Waals surface area (Å²) in [6, 6.07) is 5.42. The van der Waals surface area contributed by atoms with Crippen molar-refractivity contribution in [2.75, 3.05) is 14.2 Å². The second kappa shape index (κ2) is 4.63. The van der Waals surface area contributed by atoms with Crippen molar-refractivity contribution in [1.82, 2.24) is 5.32 Å². The normalized spacial score (nSPS) is 23.4. The largest absolute Gasteiger partial charge is 0.496 e. The number of carbonyl (C=O) groups is 1. The maximum absolute atomic E-state index is 11.4. The highest BCUT2D eigenvalue weighted by atomic mass is 16.5. The number of hydrogen-bond acceptors (Lipinski definition) is 4. The molecule has 1 saturated heterocycles. The van der Waals surface area contributed by atoms with Crippen molar-refractivity contribution < 1.29 is 19.0 Å². The molecule has 1 heterocycles. The average molecular weight is 237 g/mol. The summed E-state index contributed by atoms with van der Waals surface area (Å²) in [6.07, 6.45) is -0.988. The molecule has 2 atom stereocenters. The van der Waals surface area contributed by atoms with Crippen LogP contribution in [0.2, 0.25) is 0 Å². The van der Waals surface area contributed by atoms with Gasteiger partial charge in [0.05, 0.1) is 19.8 Å². The standard InChI is InChI=1S/C12H15NO4/c1-7-11(14)13-12(17-7)10-8(15-2)5-4-6-9(10)16-3/h4-7,12H,1-3H3,(H,13,14)/t7?,12-/m0/s1. The quantitative estimate of drug-likeness (QED) is 0.859. The molecule has 17 heavy (non-hydrogen) atoms. The van der Waals surface area contributed by atoms with Crippen molar-refractivity contribution in [3.63, 3.8) is 0 Å². The molecule has 0 aromatic heterocycles.